The van der Waals surface area contributed by atoms with Crippen LogP contribution in [0.15, 0.2) is 60.3 Å². The monoisotopic (exact) mass is 427 g/mol. The predicted molar refractivity (Wildman–Crippen MR) is 106 cm³/mol. The highest BCUT2D eigenvalue weighted by molar-refractivity contribution is 6.37. The molecule has 0 aliphatic rings. The number of imidazole rings is 1. The Balaban J connectivity index is 1.83. The maximum Gasteiger partial charge on any atom is 0.142 e. The largest absolute Gasteiger partial charge is 0.391 e. The summed E-state index contributed by atoms with van der Waals surface area (Å²) in [6, 6.07) is 10.4. The molecule has 4 nitrogen and oxygen atoms in total. The van der Waals surface area contributed by atoms with Crippen molar-refractivity contribution in [1.82, 2.24) is 9.55 Å². The van der Waals surface area contributed by atoms with Gasteiger partial charge in [-0.25, -0.2) is 4.98 Å². The number of rotatable bonds is 6. The van der Waals surface area contributed by atoms with Crippen molar-refractivity contribution in [3.8, 4) is 0 Å². The van der Waals surface area contributed by atoms with Gasteiger partial charge in [-0.1, -0.05) is 51.6 Å². The quantitative estimate of drug-likeness (QED) is 0.350. The van der Waals surface area contributed by atoms with Gasteiger partial charge in [0.05, 0.1) is 17.9 Å². The number of halogens is 4. The standard InChI is InChI=1S/C18H13Cl4N3O/c19-13-1-2-16(17(22)8-13)18(9-25-4-3-23-11-25)24-26-10-12-5-14(20)7-15(21)6-12/h1-8,11H,9-10H2/b24-18+. The van der Waals surface area contributed by atoms with Crippen molar-refractivity contribution >= 4 is 52.1 Å². The van der Waals surface area contributed by atoms with Crippen LogP contribution < -0.4 is 0 Å². The average Bonchev–Trinajstić information content (AvgIpc) is 3.06. The van der Waals surface area contributed by atoms with E-state index in [2.05, 4.69) is 10.1 Å². The fourth-order valence-electron chi connectivity index (χ4n) is 2.32. The van der Waals surface area contributed by atoms with Crippen LogP contribution in [0, 0.1) is 0 Å². The van der Waals surface area contributed by atoms with Crippen molar-refractivity contribution in [2.45, 2.75) is 13.2 Å². The Morgan fingerprint density at radius 1 is 1.00 bits per heavy atom. The second-order valence-electron chi connectivity index (χ2n) is 5.45. The molecule has 0 saturated carbocycles. The number of aromatic nitrogens is 2. The van der Waals surface area contributed by atoms with E-state index >= 15 is 0 Å². The first kappa shape index (κ1) is 19.1. The number of hydrogen-bond acceptors (Lipinski definition) is 3. The van der Waals surface area contributed by atoms with Crippen LogP contribution >= 0.6 is 46.4 Å². The summed E-state index contributed by atoms with van der Waals surface area (Å²) in [6.45, 7) is 0.663. The summed E-state index contributed by atoms with van der Waals surface area (Å²) >= 11 is 24.3. The Bertz CT molecular complexity index is 906. The van der Waals surface area contributed by atoms with Gasteiger partial charge < -0.3 is 9.40 Å². The van der Waals surface area contributed by atoms with Crippen LogP contribution in [0.2, 0.25) is 20.1 Å². The van der Waals surface area contributed by atoms with Gasteiger partial charge >= 0.3 is 0 Å². The highest BCUT2D eigenvalue weighted by Crippen LogP contribution is 2.23. The van der Waals surface area contributed by atoms with Crippen LogP contribution in [0.3, 0.4) is 0 Å². The molecule has 0 unspecified atom stereocenters. The normalized spacial score (nSPS) is 11.6. The predicted octanol–water partition coefficient (Wildman–Crippen LogP) is 6.12. The van der Waals surface area contributed by atoms with Crippen LogP contribution in [0.25, 0.3) is 0 Å². The summed E-state index contributed by atoms with van der Waals surface area (Å²) < 4.78 is 1.86. The van der Waals surface area contributed by atoms with Crippen molar-refractivity contribution in [2.24, 2.45) is 5.16 Å². The van der Waals surface area contributed by atoms with Gasteiger partial charge in [-0.2, -0.15) is 0 Å². The molecule has 26 heavy (non-hydrogen) atoms. The lowest BCUT2D eigenvalue weighted by Crippen LogP contribution is -2.12. The minimum atomic E-state index is 0.221. The van der Waals surface area contributed by atoms with Gasteiger partial charge in [0.15, 0.2) is 0 Å². The molecule has 0 fully saturated rings. The molecule has 0 radical (unpaired) electrons. The summed E-state index contributed by atoms with van der Waals surface area (Å²) in [5.74, 6) is 0. The average molecular weight is 429 g/mol. The molecular weight excluding hydrogens is 416 g/mol. The first-order valence-corrected chi connectivity index (χ1v) is 9.07. The van der Waals surface area contributed by atoms with Crippen LogP contribution in [0.1, 0.15) is 11.1 Å². The second-order valence-corrected chi connectivity index (χ2v) is 7.16. The van der Waals surface area contributed by atoms with Crippen LogP contribution in [-0.4, -0.2) is 15.3 Å². The van der Waals surface area contributed by atoms with Crippen LogP contribution in [0.4, 0.5) is 0 Å². The van der Waals surface area contributed by atoms with Crippen molar-refractivity contribution in [2.75, 3.05) is 0 Å². The first-order valence-electron chi connectivity index (χ1n) is 7.56. The molecule has 0 amide bonds. The summed E-state index contributed by atoms with van der Waals surface area (Å²) in [5.41, 5.74) is 2.18. The van der Waals surface area contributed by atoms with Crippen molar-refractivity contribution in [1.29, 1.82) is 0 Å². The Labute approximate surface area is 170 Å². The number of oxime groups is 1. The van der Waals surface area contributed by atoms with E-state index in [0.717, 1.165) is 11.1 Å². The summed E-state index contributed by atoms with van der Waals surface area (Å²) in [7, 11) is 0. The van der Waals surface area contributed by atoms with E-state index in [-0.39, 0.29) is 6.61 Å². The van der Waals surface area contributed by atoms with Crippen LogP contribution in [-0.2, 0) is 18.0 Å². The molecule has 0 saturated heterocycles. The van der Waals surface area contributed by atoms with Crippen molar-refractivity contribution < 1.29 is 4.84 Å². The molecule has 3 aromatic rings. The molecule has 1 aromatic heterocycles. The minimum absolute atomic E-state index is 0.221. The van der Waals surface area contributed by atoms with Crippen LogP contribution in [0.5, 0.6) is 0 Å². The van der Waals surface area contributed by atoms with Gasteiger partial charge in [0, 0.05) is 33.0 Å². The van der Waals surface area contributed by atoms with E-state index in [4.69, 9.17) is 51.2 Å². The third-order valence-corrected chi connectivity index (χ3v) is 4.45. The minimum Gasteiger partial charge on any atom is -0.391 e. The second kappa shape index (κ2) is 8.78. The SMILES string of the molecule is Clc1cc(Cl)cc(CO/N=C(\Cn2ccnc2)c2ccc(Cl)cc2Cl)c1. The fraction of sp³-hybridized carbons (Fsp3) is 0.111. The third-order valence-electron chi connectivity index (χ3n) is 3.46. The smallest absolute Gasteiger partial charge is 0.142 e. The highest BCUT2D eigenvalue weighted by Gasteiger charge is 2.11. The lowest BCUT2D eigenvalue weighted by molar-refractivity contribution is 0.130. The molecule has 0 spiro atoms. The summed E-state index contributed by atoms with van der Waals surface area (Å²) in [6.07, 6.45) is 5.21. The lowest BCUT2D eigenvalue weighted by atomic mass is 10.1. The van der Waals surface area contributed by atoms with Crippen molar-refractivity contribution in [3.63, 3.8) is 0 Å². The highest BCUT2D eigenvalue weighted by atomic mass is 35.5. The van der Waals surface area contributed by atoms with Gasteiger partial charge in [-0.15, -0.1) is 0 Å². The lowest BCUT2D eigenvalue weighted by Gasteiger charge is -2.10. The van der Waals surface area contributed by atoms with E-state index in [1.54, 1.807) is 48.9 Å². The number of hydrogen-bond donors (Lipinski definition) is 0. The Hall–Kier alpha value is -1.72. The molecule has 2 aromatic carbocycles. The molecule has 0 aliphatic heterocycles. The Morgan fingerprint density at radius 2 is 1.77 bits per heavy atom. The van der Waals surface area contributed by atoms with E-state index in [1.807, 2.05) is 10.8 Å². The van der Waals surface area contributed by atoms with Gasteiger partial charge in [-0.3, -0.25) is 0 Å². The molecule has 3 rings (SSSR count). The Morgan fingerprint density at radius 3 is 2.42 bits per heavy atom. The van der Waals surface area contributed by atoms with Gasteiger partial charge in [0.1, 0.15) is 12.3 Å². The number of nitrogens with zero attached hydrogens (tertiary/aromatic N) is 3. The summed E-state index contributed by atoms with van der Waals surface area (Å²) in [5, 5.41) is 6.39. The maximum absolute atomic E-state index is 6.32. The third kappa shape index (κ3) is 5.15. The van der Waals surface area contributed by atoms with E-state index in [1.165, 1.54) is 0 Å². The molecule has 134 valence electrons. The molecule has 0 bridgehead atoms. The van der Waals surface area contributed by atoms with E-state index < -0.39 is 0 Å². The van der Waals surface area contributed by atoms with E-state index in [9.17, 15) is 0 Å². The fourth-order valence-corrected chi connectivity index (χ4v) is 3.41. The zero-order valence-corrected chi connectivity index (χ0v) is 16.4. The maximum atomic E-state index is 6.32. The molecular formula is C18H13Cl4N3O. The molecule has 0 N–H and O–H groups in total. The molecule has 8 heteroatoms. The zero-order chi connectivity index (χ0) is 18.5. The topological polar surface area (TPSA) is 39.4 Å². The zero-order valence-electron chi connectivity index (χ0n) is 13.4. The number of benzene rings is 2. The molecule has 1 heterocycles. The van der Waals surface area contributed by atoms with E-state index in [0.29, 0.717) is 32.3 Å². The first-order chi connectivity index (χ1) is 12.5. The Kier molecular flexibility index (Phi) is 6.43. The van der Waals surface area contributed by atoms with Gasteiger partial charge in [-0.05, 0) is 42.0 Å². The van der Waals surface area contributed by atoms with Gasteiger partial charge in [0.25, 0.3) is 0 Å². The molecule has 0 atom stereocenters. The molecule has 0 aliphatic carbocycles. The summed E-state index contributed by atoms with van der Waals surface area (Å²) in [4.78, 5) is 9.56. The van der Waals surface area contributed by atoms with Gasteiger partial charge in [0.2, 0.25) is 0 Å². The van der Waals surface area contributed by atoms with Crippen molar-refractivity contribution in [3.05, 3.63) is 86.3 Å².